The molecular formula is C25H25N3O3. The zero-order chi connectivity index (χ0) is 22.0. The second-order valence-corrected chi connectivity index (χ2v) is 8.32. The van der Waals surface area contributed by atoms with Crippen LogP contribution in [0.1, 0.15) is 60.0 Å². The topological polar surface area (TPSA) is 81.5 Å². The van der Waals surface area contributed by atoms with E-state index >= 15 is 0 Å². The summed E-state index contributed by atoms with van der Waals surface area (Å²) < 4.78 is 0. The monoisotopic (exact) mass is 415 g/mol. The minimum Gasteiger partial charge on any atom is -0.323 e. The molecule has 1 unspecified atom stereocenters. The fraction of sp³-hybridized carbons (Fsp3) is 0.360. The maximum atomic E-state index is 13.5. The van der Waals surface area contributed by atoms with Crippen molar-refractivity contribution in [3.63, 3.8) is 0 Å². The fourth-order valence-corrected chi connectivity index (χ4v) is 4.56. The van der Waals surface area contributed by atoms with Gasteiger partial charge in [-0.25, -0.2) is 4.90 Å². The molecule has 4 rings (SSSR count). The Balaban J connectivity index is 1.66. The lowest BCUT2D eigenvalue weighted by Gasteiger charge is -2.37. The van der Waals surface area contributed by atoms with Gasteiger partial charge in [0.25, 0.3) is 11.8 Å². The van der Waals surface area contributed by atoms with Gasteiger partial charge in [0.1, 0.15) is 6.04 Å². The molecule has 0 aromatic heterocycles. The second kappa shape index (κ2) is 8.73. The van der Waals surface area contributed by atoms with Crippen LogP contribution in [0.2, 0.25) is 0 Å². The maximum Gasteiger partial charge on any atom is 0.257 e. The van der Waals surface area contributed by atoms with Crippen molar-refractivity contribution in [2.45, 2.75) is 57.5 Å². The van der Waals surface area contributed by atoms with Crippen molar-refractivity contribution >= 4 is 23.4 Å². The Morgan fingerprint density at radius 3 is 2.26 bits per heavy atom. The van der Waals surface area contributed by atoms with Gasteiger partial charge < -0.3 is 4.90 Å². The van der Waals surface area contributed by atoms with Crippen molar-refractivity contribution in [3.8, 4) is 6.07 Å². The molecule has 2 aliphatic rings. The Hall–Kier alpha value is -3.46. The number of rotatable bonds is 4. The summed E-state index contributed by atoms with van der Waals surface area (Å²) in [6.45, 7) is 1.96. The normalized spacial score (nSPS) is 19.4. The third kappa shape index (κ3) is 4.09. The molecule has 6 heteroatoms. The van der Waals surface area contributed by atoms with Gasteiger partial charge in [-0.3, -0.25) is 14.4 Å². The van der Waals surface area contributed by atoms with Crippen LogP contribution in [0.3, 0.4) is 0 Å². The molecule has 1 aliphatic heterocycles. The Bertz CT molecular complexity index is 1030. The number of nitriles is 1. The van der Waals surface area contributed by atoms with Gasteiger partial charge in [-0.15, -0.1) is 0 Å². The number of nitrogens with zero attached hydrogens (tertiary/aromatic N) is 3. The number of carbonyl (C=O) groups excluding carboxylic acids is 3. The molecule has 3 amide bonds. The molecule has 0 N–H and O–H groups in total. The highest BCUT2D eigenvalue weighted by Crippen LogP contribution is 2.32. The number of amides is 3. The van der Waals surface area contributed by atoms with Crippen molar-refractivity contribution < 1.29 is 14.4 Å². The number of hydrogen-bond donors (Lipinski definition) is 0. The first-order valence-corrected chi connectivity index (χ1v) is 10.8. The summed E-state index contributed by atoms with van der Waals surface area (Å²) in [4.78, 5) is 42.6. The highest BCUT2D eigenvalue weighted by molar-refractivity contribution is 6.23. The fourth-order valence-electron chi connectivity index (χ4n) is 4.56. The number of aryl methyl sites for hydroxylation is 1. The summed E-state index contributed by atoms with van der Waals surface area (Å²) in [6, 6.07) is 14.9. The Kier molecular flexibility index (Phi) is 5.85. The highest BCUT2D eigenvalue weighted by Gasteiger charge is 2.46. The summed E-state index contributed by atoms with van der Waals surface area (Å²) >= 11 is 0. The van der Waals surface area contributed by atoms with E-state index in [1.165, 1.54) is 0 Å². The zero-order valence-corrected chi connectivity index (χ0v) is 17.6. The molecule has 0 bridgehead atoms. The SMILES string of the molecule is Cc1ccc(C(=O)N(C2CCCCC2)C2CC(=O)N(c3ccc(C#N)cc3)C2=O)cc1. The van der Waals surface area contributed by atoms with Gasteiger partial charge in [-0.2, -0.15) is 5.26 Å². The summed E-state index contributed by atoms with van der Waals surface area (Å²) in [5, 5.41) is 9.00. The molecule has 31 heavy (non-hydrogen) atoms. The van der Waals surface area contributed by atoms with Crippen molar-refractivity contribution in [1.29, 1.82) is 5.26 Å². The van der Waals surface area contributed by atoms with Crippen LogP contribution in [0.4, 0.5) is 5.69 Å². The van der Waals surface area contributed by atoms with Gasteiger partial charge in [-0.05, 0) is 56.2 Å². The minimum absolute atomic E-state index is 0.0209. The number of hydrogen-bond acceptors (Lipinski definition) is 4. The number of benzene rings is 2. The molecule has 158 valence electrons. The van der Waals surface area contributed by atoms with Crippen molar-refractivity contribution in [3.05, 3.63) is 65.2 Å². The van der Waals surface area contributed by atoms with Gasteiger partial charge in [0.15, 0.2) is 0 Å². The van der Waals surface area contributed by atoms with Crippen molar-refractivity contribution in [1.82, 2.24) is 4.90 Å². The van der Waals surface area contributed by atoms with Crippen LogP contribution in [0.5, 0.6) is 0 Å². The zero-order valence-electron chi connectivity index (χ0n) is 17.6. The van der Waals surface area contributed by atoms with E-state index in [0.717, 1.165) is 42.6 Å². The van der Waals surface area contributed by atoms with Crippen LogP contribution in [0.25, 0.3) is 0 Å². The van der Waals surface area contributed by atoms with E-state index in [9.17, 15) is 14.4 Å². The summed E-state index contributed by atoms with van der Waals surface area (Å²) in [5.41, 5.74) is 2.48. The Morgan fingerprint density at radius 2 is 1.65 bits per heavy atom. The quantitative estimate of drug-likeness (QED) is 0.708. The molecule has 1 saturated heterocycles. The van der Waals surface area contributed by atoms with Gasteiger partial charge in [0, 0.05) is 11.6 Å². The third-order valence-corrected chi connectivity index (χ3v) is 6.21. The minimum atomic E-state index is -0.806. The van der Waals surface area contributed by atoms with E-state index in [2.05, 4.69) is 0 Å². The molecule has 1 heterocycles. The standard InChI is InChI=1S/C25H25N3O3/c1-17-7-11-19(12-8-17)24(30)27(20-5-3-2-4-6-20)22-15-23(29)28(25(22)31)21-13-9-18(16-26)10-14-21/h7-14,20,22H,2-6,15H2,1H3. The van der Waals surface area contributed by atoms with E-state index in [-0.39, 0.29) is 30.2 Å². The molecule has 1 aliphatic carbocycles. The second-order valence-electron chi connectivity index (χ2n) is 8.32. The predicted octanol–water partition coefficient (Wildman–Crippen LogP) is 3.97. The lowest BCUT2D eigenvalue weighted by molar-refractivity contribution is -0.123. The lowest BCUT2D eigenvalue weighted by atomic mass is 9.92. The largest absolute Gasteiger partial charge is 0.323 e. The van der Waals surface area contributed by atoms with E-state index in [0.29, 0.717) is 16.8 Å². The van der Waals surface area contributed by atoms with Gasteiger partial charge in [-0.1, -0.05) is 37.0 Å². The molecule has 6 nitrogen and oxygen atoms in total. The van der Waals surface area contributed by atoms with Crippen LogP contribution in [-0.4, -0.2) is 34.7 Å². The predicted molar refractivity (Wildman–Crippen MR) is 116 cm³/mol. The Morgan fingerprint density at radius 1 is 1.00 bits per heavy atom. The first kappa shape index (κ1) is 20.8. The number of carbonyl (C=O) groups is 3. The van der Waals surface area contributed by atoms with Gasteiger partial charge >= 0.3 is 0 Å². The van der Waals surface area contributed by atoms with Crippen molar-refractivity contribution in [2.24, 2.45) is 0 Å². The average Bonchev–Trinajstić information content (AvgIpc) is 3.08. The molecule has 1 atom stereocenters. The summed E-state index contributed by atoms with van der Waals surface area (Å²) in [6.07, 6.45) is 4.80. The van der Waals surface area contributed by atoms with Gasteiger partial charge in [0.05, 0.1) is 23.7 Å². The smallest absolute Gasteiger partial charge is 0.257 e. The summed E-state index contributed by atoms with van der Waals surface area (Å²) in [5.74, 6) is -0.891. The van der Waals surface area contributed by atoms with E-state index < -0.39 is 6.04 Å². The maximum absolute atomic E-state index is 13.5. The average molecular weight is 415 g/mol. The van der Waals surface area contributed by atoms with E-state index in [1.807, 2.05) is 25.1 Å². The first-order chi connectivity index (χ1) is 15.0. The van der Waals surface area contributed by atoms with Gasteiger partial charge in [0.2, 0.25) is 5.91 Å². The highest BCUT2D eigenvalue weighted by atomic mass is 16.2. The number of anilines is 1. The molecule has 2 fully saturated rings. The molecule has 0 spiro atoms. The van der Waals surface area contributed by atoms with Crippen LogP contribution in [0.15, 0.2) is 48.5 Å². The Labute approximate surface area is 182 Å². The molecule has 2 aromatic rings. The molecular weight excluding hydrogens is 390 g/mol. The molecule has 2 aromatic carbocycles. The summed E-state index contributed by atoms with van der Waals surface area (Å²) in [7, 11) is 0. The van der Waals surface area contributed by atoms with Crippen LogP contribution >= 0.6 is 0 Å². The van der Waals surface area contributed by atoms with Crippen molar-refractivity contribution in [2.75, 3.05) is 4.90 Å². The van der Waals surface area contributed by atoms with Crippen LogP contribution < -0.4 is 4.90 Å². The molecule has 1 saturated carbocycles. The van der Waals surface area contributed by atoms with Crippen LogP contribution in [0, 0.1) is 18.3 Å². The third-order valence-electron chi connectivity index (χ3n) is 6.21. The molecule has 0 radical (unpaired) electrons. The van der Waals surface area contributed by atoms with E-state index in [4.69, 9.17) is 5.26 Å². The van der Waals surface area contributed by atoms with Crippen LogP contribution in [-0.2, 0) is 9.59 Å². The van der Waals surface area contributed by atoms with E-state index in [1.54, 1.807) is 41.3 Å². The lowest BCUT2D eigenvalue weighted by Crippen LogP contribution is -2.51. The number of imide groups is 1. The first-order valence-electron chi connectivity index (χ1n) is 10.8.